The maximum absolute atomic E-state index is 12.0. The van der Waals surface area contributed by atoms with E-state index in [1.807, 2.05) is 44.2 Å². The third-order valence-corrected chi connectivity index (χ3v) is 3.94. The average molecular weight is 298 g/mol. The molecule has 2 heterocycles. The van der Waals surface area contributed by atoms with Gasteiger partial charge in [0.15, 0.2) is 11.7 Å². The zero-order valence-electron chi connectivity index (χ0n) is 12.8. The van der Waals surface area contributed by atoms with Crippen LogP contribution in [-0.2, 0) is 10.3 Å². The van der Waals surface area contributed by atoms with E-state index in [0.29, 0.717) is 11.5 Å². The summed E-state index contributed by atoms with van der Waals surface area (Å²) in [6.07, 6.45) is 0.212. The highest BCUT2D eigenvalue weighted by molar-refractivity contribution is 5.98. The molecular weight excluding hydrogens is 280 g/mol. The number of carbonyl (C=O) groups excluding carboxylic acids is 1. The lowest BCUT2D eigenvalue weighted by Crippen LogP contribution is -2.47. The van der Waals surface area contributed by atoms with Gasteiger partial charge in [0.05, 0.1) is 6.42 Å². The molecule has 1 aromatic heterocycles. The van der Waals surface area contributed by atoms with E-state index in [1.54, 1.807) is 7.05 Å². The number of nitrogens with zero attached hydrogens (tertiary/aromatic N) is 3. The average Bonchev–Trinajstić information content (AvgIpc) is 2.95. The molecule has 22 heavy (non-hydrogen) atoms. The largest absolute Gasteiger partial charge is 0.369 e. The molecule has 1 atom stereocenters. The molecule has 1 amide bonds. The fourth-order valence-corrected chi connectivity index (χ4v) is 2.52. The number of aliphatic imine (C=N–C) groups is 1. The Morgan fingerprint density at radius 1 is 1.36 bits per heavy atom. The molecule has 0 spiro atoms. The van der Waals surface area contributed by atoms with Gasteiger partial charge in [0.25, 0.3) is 0 Å². The summed E-state index contributed by atoms with van der Waals surface area (Å²) in [4.78, 5) is 17.8. The van der Waals surface area contributed by atoms with Crippen LogP contribution in [0.25, 0.3) is 11.3 Å². The first-order chi connectivity index (χ1) is 10.4. The maximum Gasteiger partial charge on any atom is 0.231 e. The summed E-state index contributed by atoms with van der Waals surface area (Å²) in [5, 5.41) is 4.10. The Kier molecular flexibility index (Phi) is 3.24. The van der Waals surface area contributed by atoms with Crippen molar-refractivity contribution in [3.8, 4) is 11.3 Å². The van der Waals surface area contributed by atoms with Crippen LogP contribution in [0, 0.1) is 6.92 Å². The number of benzene rings is 1. The van der Waals surface area contributed by atoms with Gasteiger partial charge in [-0.3, -0.25) is 9.69 Å². The Balaban J connectivity index is 1.99. The van der Waals surface area contributed by atoms with Crippen molar-refractivity contribution in [1.82, 2.24) is 10.1 Å². The highest BCUT2D eigenvalue weighted by Gasteiger charge is 2.38. The topological polar surface area (TPSA) is 84.7 Å². The summed E-state index contributed by atoms with van der Waals surface area (Å²) in [5.74, 6) is 0.758. The summed E-state index contributed by atoms with van der Waals surface area (Å²) in [7, 11) is 1.61. The molecule has 0 unspecified atom stereocenters. The van der Waals surface area contributed by atoms with Gasteiger partial charge in [-0.25, -0.2) is 4.99 Å². The second-order valence-corrected chi connectivity index (χ2v) is 5.82. The van der Waals surface area contributed by atoms with Crippen LogP contribution in [0.3, 0.4) is 0 Å². The van der Waals surface area contributed by atoms with Crippen LogP contribution in [0.15, 0.2) is 39.8 Å². The Bertz CT molecular complexity index is 765. The predicted octanol–water partition coefficient (Wildman–Crippen LogP) is 2.04. The third kappa shape index (κ3) is 2.36. The summed E-state index contributed by atoms with van der Waals surface area (Å²) < 4.78 is 5.44. The van der Waals surface area contributed by atoms with E-state index >= 15 is 0 Å². The number of hydrogen-bond acceptors (Lipinski definition) is 5. The fraction of sp³-hybridized carbons (Fsp3) is 0.312. The molecule has 0 radical (unpaired) electrons. The van der Waals surface area contributed by atoms with Crippen molar-refractivity contribution in [3.05, 3.63) is 41.6 Å². The lowest BCUT2D eigenvalue weighted by molar-refractivity contribution is -0.128. The van der Waals surface area contributed by atoms with E-state index in [0.717, 1.165) is 11.1 Å². The first-order valence-electron chi connectivity index (χ1n) is 7.05. The van der Waals surface area contributed by atoms with Gasteiger partial charge in [0, 0.05) is 18.7 Å². The third-order valence-electron chi connectivity index (χ3n) is 3.94. The van der Waals surface area contributed by atoms with Gasteiger partial charge < -0.3 is 10.3 Å². The number of amides is 1. The fourth-order valence-electron chi connectivity index (χ4n) is 2.52. The Labute approximate surface area is 128 Å². The molecule has 6 nitrogen and oxygen atoms in total. The molecule has 0 bridgehead atoms. The molecule has 2 aromatic rings. The highest BCUT2D eigenvalue weighted by atomic mass is 16.5. The monoisotopic (exact) mass is 298 g/mol. The number of nitrogens with two attached hydrogens (primary N) is 1. The maximum atomic E-state index is 12.0. The molecule has 2 N–H and O–H groups in total. The lowest BCUT2D eigenvalue weighted by atomic mass is 9.92. The van der Waals surface area contributed by atoms with Gasteiger partial charge in [0.2, 0.25) is 5.91 Å². The van der Waals surface area contributed by atoms with E-state index < -0.39 is 5.54 Å². The number of hydrogen-bond donors (Lipinski definition) is 1. The van der Waals surface area contributed by atoms with E-state index in [9.17, 15) is 4.79 Å². The molecule has 0 fully saturated rings. The zero-order valence-corrected chi connectivity index (χ0v) is 12.8. The van der Waals surface area contributed by atoms with Crippen molar-refractivity contribution in [2.75, 3.05) is 7.05 Å². The lowest BCUT2D eigenvalue weighted by Gasteiger charge is -2.31. The highest BCUT2D eigenvalue weighted by Crippen LogP contribution is 2.34. The number of rotatable bonds is 2. The first kappa shape index (κ1) is 14.3. The molecule has 0 aliphatic carbocycles. The SMILES string of the molecule is Cc1cccc(-c2cc([C@]3(C)CC(=O)N(C)C(N)=N3)no2)c1. The van der Waals surface area contributed by atoms with Gasteiger partial charge in [-0.05, 0) is 19.9 Å². The van der Waals surface area contributed by atoms with E-state index in [2.05, 4.69) is 10.1 Å². The van der Waals surface area contributed by atoms with Crippen molar-refractivity contribution < 1.29 is 9.32 Å². The van der Waals surface area contributed by atoms with Crippen LogP contribution in [-0.4, -0.2) is 29.0 Å². The van der Waals surface area contributed by atoms with Crippen LogP contribution < -0.4 is 5.73 Å². The van der Waals surface area contributed by atoms with Gasteiger partial charge in [-0.1, -0.05) is 28.9 Å². The van der Waals surface area contributed by atoms with Crippen LogP contribution >= 0.6 is 0 Å². The predicted molar refractivity (Wildman–Crippen MR) is 83.0 cm³/mol. The van der Waals surface area contributed by atoms with E-state index in [-0.39, 0.29) is 18.3 Å². The summed E-state index contributed by atoms with van der Waals surface area (Å²) >= 11 is 0. The van der Waals surface area contributed by atoms with Crippen molar-refractivity contribution in [3.63, 3.8) is 0 Å². The van der Waals surface area contributed by atoms with E-state index in [4.69, 9.17) is 10.3 Å². The van der Waals surface area contributed by atoms with Gasteiger partial charge in [-0.15, -0.1) is 0 Å². The normalized spacial score (nSPS) is 21.9. The van der Waals surface area contributed by atoms with Crippen molar-refractivity contribution >= 4 is 11.9 Å². The molecule has 114 valence electrons. The number of carbonyl (C=O) groups is 1. The minimum atomic E-state index is -0.792. The smallest absolute Gasteiger partial charge is 0.231 e. The summed E-state index contributed by atoms with van der Waals surface area (Å²) in [6.45, 7) is 3.85. The minimum Gasteiger partial charge on any atom is -0.369 e. The number of guanidine groups is 1. The Morgan fingerprint density at radius 3 is 2.82 bits per heavy atom. The zero-order chi connectivity index (χ0) is 15.9. The van der Waals surface area contributed by atoms with Gasteiger partial charge in [0.1, 0.15) is 11.2 Å². The quantitative estimate of drug-likeness (QED) is 0.919. The molecule has 0 saturated carbocycles. The number of aryl methyl sites for hydroxylation is 1. The summed E-state index contributed by atoms with van der Waals surface area (Å²) in [6, 6.07) is 9.78. The molecule has 1 aromatic carbocycles. The van der Waals surface area contributed by atoms with Gasteiger partial charge in [-0.2, -0.15) is 0 Å². The molecule has 3 rings (SSSR count). The second-order valence-electron chi connectivity index (χ2n) is 5.82. The van der Waals surface area contributed by atoms with Crippen LogP contribution in [0.2, 0.25) is 0 Å². The van der Waals surface area contributed by atoms with E-state index in [1.165, 1.54) is 4.90 Å². The van der Waals surface area contributed by atoms with Gasteiger partial charge >= 0.3 is 0 Å². The minimum absolute atomic E-state index is 0.0879. The standard InChI is InChI=1S/C16H18N4O2/c1-10-5-4-6-11(7-10)12-8-13(19-22-12)16(2)9-14(21)20(3)15(17)18-16/h4-8H,9H2,1-3H3,(H2,17,18)/t16-/m0/s1. The molecule has 0 saturated heterocycles. The molecule has 6 heteroatoms. The van der Waals surface area contributed by atoms with Crippen molar-refractivity contribution in [2.24, 2.45) is 10.7 Å². The molecular formula is C16H18N4O2. The Morgan fingerprint density at radius 2 is 2.14 bits per heavy atom. The summed E-state index contributed by atoms with van der Waals surface area (Å²) in [5.41, 5.74) is 7.71. The number of aromatic nitrogens is 1. The van der Waals surface area contributed by atoms with Crippen LogP contribution in [0.4, 0.5) is 0 Å². The van der Waals surface area contributed by atoms with Crippen molar-refractivity contribution in [2.45, 2.75) is 25.8 Å². The Hall–Kier alpha value is -2.63. The van der Waals surface area contributed by atoms with Crippen molar-refractivity contribution in [1.29, 1.82) is 0 Å². The van der Waals surface area contributed by atoms with Crippen LogP contribution in [0.5, 0.6) is 0 Å². The first-order valence-corrected chi connectivity index (χ1v) is 7.05. The molecule has 1 aliphatic heterocycles. The molecule has 1 aliphatic rings. The van der Waals surface area contributed by atoms with Crippen LogP contribution in [0.1, 0.15) is 24.6 Å². The second kappa shape index (κ2) is 4.98.